The van der Waals surface area contributed by atoms with Crippen molar-refractivity contribution < 1.29 is 4.79 Å². The van der Waals surface area contributed by atoms with Crippen molar-refractivity contribution in [3.05, 3.63) is 11.6 Å². The fourth-order valence-corrected chi connectivity index (χ4v) is 1.18. The third-order valence-electron chi connectivity index (χ3n) is 1.61. The molecule has 0 heterocycles. The van der Waals surface area contributed by atoms with E-state index in [1.807, 2.05) is 13.8 Å². The minimum absolute atomic E-state index is 0.185. The Bertz CT molecular complexity index is 154. The lowest BCUT2D eigenvalue weighted by Crippen LogP contribution is -2.12. The van der Waals surface area contributed by atoms with Gasteiger partial charge >= 0.3 is 0 Å². The van der Waals surface area contributed by atoms with E-state index in [1.165, 1.54) is 5.57 Å². The van der Waals surface area contributed by atoms with Crippen LogP contribution in [0.15, 0.2) is 11.6 Å². The third-order valence-corrected chi connectivity index (χ3v) is 1.61. The first-order valence-electron chi connectivity index (χ1n) is 4.14. The standard InChI is InChI=1S/C10H18O/c1-5-6-9(2)7-10(3,4)8-11/h6,8H,5,7H2,1-4H3/b9-6-. The van der Waals surface area contributed by atoms with Crippen molar-refractivity contribution in [2.75, 3.05) is 0 Å². The van der Waals surface area contributed by atoms with Crippen molar-refractivity contribution in [2.45, 2.75) is 40.5 Å². The van der Waals surface area contributed by atoms with Crippen molar-refractivity contribution in [3.8, 4) is 0 Å². The topological polar surface area (TPSA) is 17.1 Å². The molecule has 0 saturated heterocycles. The smallest absolute Gasteiger partial charge is 0.125 e. The fraction of sp³-hybridized carbons (Fsp3) is 0.700. The Kier molecular flexibility index (Phi) is 4.09. The van der Waals surface area contributed by atoms with E-state index in [-0.39, 0.29) is 5.41 Å². The van der Waals surface area contributed by atoms with Crippen molar-refractivity contribution in [2.24, 2.45) is 5.41 Å². The van der Waals surface area contributed by atoms with Crippen molar-refractivity contribution in [3.63, 3.8) is 0 Å². The summed E-state index contributed by atoms with van der Waals surface area (Å²) in [6, 6.07) is 0. The van der Waals surface area contributed by atoms with E-state index in [0.29, 0.717) is 0 Å². The van der Waals surface area contributed by atoms with E-state index in [1.54, 1.807) is 0 Å². The molecule has 0 amide bonds. The van der Waals surface area contributed by atoms with Gasteiger partial charge < -0.3 is 4.79 Å². The summed E-state index contributed by atoms with van der Waals surface area (Å²) < 4.78 is 0. The molecule has 0 aliphatic heterocycles. The fourth-order valence-electron chi connectivity index (χ4n) is 1.18. The predicted molar refractivity (Wildman–Crippen MR) is 48.5 cm³/mol. The van der Waals surface area contributed by atoms with Crippen molar-refractivity contribution in [1.29, 1.82) is 0 Å². The first kappa shape index (κ1) is 10.4. The molecule has 0 bridgehead atoms. The van der Waals surface area contributed by atoms with Gasteiger partial charge in [0.05, 0.1) is 0 Å². The minimum atomic E-state index is -0.185. The van der Waals surface area contributed by atoms with Crippen LogP contribution in [-0.2, 0) is 4.79 Å². The zero-order valence-electron chi connectivity index (χ0n) is 7.98. The molecular weight excluding hydrogens is 136 g/mol. The van der Waals surface area contributed by atoms with Crippen LogP contribution in [0.1, 0.15) is 40.5 Å². The zero-order chi connectivity index (χ0) is 8.91. The molecule has 64 valence electrons. The number of hydrogen-bond acceptors (Lipinski definition) is 1. The Morgan fingerprint density at radius 1 is 1.45 bits per heavy atom. The van der Waals surface area contributed by atoms with Gasteiger partial charge in [-0.05, 0) is 19.8 Å². The van der Waals surface area contributed by atoms with Gasteiger partial charge in [0.25, 0.3) is 0 Å². The quantitative estimate of drug-likeness (QED) is 0.449. The predicted octanol–water partition coefficient (Wildman–Crippen LogP) is 2.96. The second-order valence-electron chi connectivity index (χ2n) is 3.74. The van der Waals surface area contributed by atoms with E-state index in [4.69, 9.17) is 0 Å². The molecule has 0 aromatic heterocycles. The molecule has 0 radical (unpaired) electrons. The van der Waals surface area contributed by atoms with Gasteiger partial charge in [-0.3, -0.25) is 0 Å². The first-order chi connectivity index (χ1) is 5.02. The van der Waals surface area contributed by atoms with Crippen molar-refractivity contribution >= 4 is 6.29 Å². The average molecular weight is 154 g/mol. The van der Waals surface area contributed by atoms with Gasteiger partial charge in [-0.1, -0.05) is 32.4 Å². The van der Waals surface area contributed by atoms with Gasteiger partial charge in [-0.2, -0.15) is 0 Å². The summed E-state index contributed by atoms with van der Waals surface area (Å²) in [4.78, 5) is 10.5. The van der Waals surface area contributed by atoms with Gasteiger partial charge in [0.2, 0.25) is 0 Å². The summed E-state index contributed by atoms with van der Waals surface area (Å²) in [5.41, 5.74) is 1.13. The maximum atomic E-state index is 10.5. The molecule has 0 aliphatic rings. The van der Waals surface area contributed by atoms with Crippen LogP contribution in [0.4, 0.5) is 0 Å². The normalized spacial score (nSPS) is 13.3. The Labute approximate surface area is 69.5 Å². The number of carbonyl (C=O) groups is 1. The summed E-state index contributed by atoms with van der Waals surface area (Å²) in [7, 11) is 0. The molecule has 1 nitrogen and oxygen atoms in total. The van der Waals surface area contributed by atoms with E-state index < -0.39 is 0 Å². The highest BCUT2D eigenvalue weighted by molar-refractivity contribution is 5.58. The third kappa shape index (κ3) is 4.77. The van der Waals surface area contributed by atoms with Gasteiger partial charge in [0.1, 0.15) is 6.29 Å². The molecule has 11 heavy (non-hydrogen) atoms. The van der Waals surface area contributed by atoms with Crippen LogP contribution in [-0.4, -0.2) is 6.29 Å². The monoisotopic (exact) mass is 154 g/mol. The number of hydrogen-bond donors (Lipinski definition) is 0. The molecule has 0 atom stereocenters. The molecular formula is C10H18O. The second-order valence-corrected chi connectivity index (χ2v) is 3.74. The first-order valence-corrected chi connectivity index (χ1v) is 4.14. The highest BCUT2D eigenvalue weighted by Gasteiger charge is 2.16. The van der Waals surface area contributed by atoms with Crippen LogP contribution in [0, 0.1) is 5.41 Å². The Morgan fingerprint density at radius 2 is 2.00 bits per heavy atom. The van der Waals surface area contributed by atoms with Crippen LogP contribution in [0.3, 0.4) is 0 Å². The van der Waals surface area contributed by atoms with E-state index >= 15 is 0 Å². The molecule has 0 aromatic carbocycles. The summed E-state index contributed by atoms with van der Waals surface area (Å²) in [6.45, 7) is 8.12. The van der Waals surface area contributed by atoms with Crippen LogP contribution in [0.2, 0.25) is 0 Å². The van der Waals surface area contributed by atoms with Gasteiger partial charge in [-0.25, -0.2) is 0 Å². The number of rotatable bonds is 4. The lowest BCUT2D eigenvalue weighted by Gasteiger charge is -2.16. The molecule has 0 rings (SSSR count). The molecule has 0 spiro atoms. The Hall–Kier alpha value is -0.590. The molecule has 0 aliphatic carbocycles. The number of allylic oxidation sites excluding steroid dienone is 2. The van der Waals surface area contributed by atoms with Crippen LogP contribution in [0.5, 0.6) is 0 Å². The minimum Gasteiger partial charge on any atom is -0.303 e. The van der Waals surface area contributed by atoms with E-state index in [0.717, 1.165) is 19.1 Å². The summed E-state index contributed by atoms with van der Waals surface area (Å²) in [6.07, 6.45) is 5.14. The van der Waals surface area contributed by atoms with Gasteiger partial charge in [-0.15, -0.1) is 0 Å². The molecule has 0 unspecified atom stereocenters. The molecule has 0 saturated carbocycles. The highest BCUT2D eigenvalue weighted by Crippen LogP contribution is 2.21. The van der Waals surface area contributed by atoms with E-state index in [2.05, 4.69) is 19.9 Å². The summed E-state index contributed by atoms with van der Waals surface area (Å²) in [5.74, 6) is 0. The average Bonchev–Trinajstić information content (AvgIpc) is 1.87. The lowest BCUT2D eigenvalue weighted by atomic mass is 9.87. The lowest BCUT2D eigenvalue weighted by molar-refractivity contribution is -0.114. The van der Waals surface area contributed by atoms with Gasteiger partial charge in [0, 0.05) is 5.41 Å². The zero-order valence-corrected chi connectivity index (χ0v) is 7.98. The van der Waals surface area contributed by atoms with Crippen LogP contribution < -0.4 is 0 Å². The van der Waals surface area contributed by atoms with E-state index in [9.17, 15) is 4.79 Å². The van der Waals surface area contributed by atoms with Gasteiger partial charge in [0.15, 0.2) is 0 Å². The number of carbonyl (C=O) groups excluding carboxylic acids is 1. The van der Waals surface area contributed by atoms with Crippen LogP contribution in [0.25, 0.3) is 0 Å². The number of aldehydes is 1. The maximum Gasteiger partial charge on any atom is 0.125 e. The molecule has 0 N–H and O–H groups in total. The SMILES string of the molecule is CC/C=C(/C)CC(C)(C)C=O. The Morgan fingerprint density at radius 3 is 2.36 bits per heavy atom. The highest BCUT2D eigenvalue weighted by atomic mass is 16.1. The second kappa shape index (κ2) is 4.32. The summed E-state index contributed by atoms with van der Waals surface area (Å²) in [5, 5.41) is 0. The van der Waals surface area contributed by atoms with Crippen LogP contribution >= 0.6 is 0 Å². The Balaban J connectivity index is 4.03. The largest absolute Gasteiger partial charge is 0.303 e. The molecule has 0 fully saturated rings. The summed E-state index contributed by atoms with van der Waals surface area (Å²) >= 11 is 0. The van der Waals surface area contributed by atoms with Crippen molar-refractivity contribution in [1.82, 2.24) is 0 Å². The maximum absolute atomic E-state index is 10.5. The molecule has 1 heteroatoms. The molecule has 0 aromatic rings.